The summed E-state index contributed by atoms with van der Waals surface area (Å²) in [6.45, 7) is 6.17. The Labute approximate surface area is 200 Å². The van der Waals surface area contributed by atoms with E-state index in [9.17, 15) is 9.59 Å². The summed E-state index contributed by atoms with van der Waals surface area (Å²) in [5.41, 5.74) is 1.58. The quantitative estimate of drug-likeness (QED) is 0.478. The Kier molecular flexibility index (Phi) is 9.21. The average molecular weight is 470 g/mol. The highest BCUT2D eigenvalue weighted by Gasteiger charge is 2.17. The SMILES string of the molecule is CC(C)CCOc1ccc(C(=O)NC(=S)Nc2cccc(C(=O)NCC3CCCO3)c2)cc1. The van der Waals surface area contributed by atoms with E-state index < -0.39 is 0 Å². The molecule has 1 heterocycles. The fraction of sp³-hybridized carbons (Fsp3) is 0.400. The van der Waals surface area contributed by atoms with E-state index in [0.717, 1.165) is 31.6 Å². The smallest absolute Gasteiger partial charge is 0.257 e. The lowest BCUT2D eigenvalue weighted by Gasteiger charge is -2.13. The maximum Gasteiger partial charge on any atom is 0.257 e. The predicted octanol–water partition coefficient (Wildman–Crippen LogP) is 4.15. The highest BCUT2D eigenvalue weighted by Crippen LogP contribution is 2.15. The molecule has 1 unspecified atom stereocenters. The molecule has 0 bridgehead atoms. The van der Waals surface area contributed by atoms with Gasteiger partial charge in [0, 0.05) is 30.0 Å². The van der Waals surface area contributed by atoms with Gasteiger partial charge in [-0.15, -0.1) is 0 Å². The maximum atomic E-state index is 12.5. The van der Waals surface area contributed by atoms with Crippen LogP contribution in [0.15, 0.2) is 48.5 Å². The first-order valence-electron chi connectivity index (χ1n) is 11.3. The molecule has 3 N–H and O–H groups in total. The number of rotatable bonds is 9. The number of thiocarbonyl (C=S) groups is 1. The number of carbonyl (C=O) groups excluding carboxylic acids is 2. The minimum atomic E-state index is -0.327. The number of anilines is 1. The molecule has 33 heavy (non-hydrogen) atoms. The van der Waals surface area contributed by atoms with E-state index >= 15 is 0 Å². The van der Waals surface area contributed by atoms with Crippen molar-refractivity contribution >= 4 is 34.8 Å². The third-order valence-corrected chi connectivity index (χ3v) is 5.41. The Bertz CT molecular complexity index is 956. The van der Waals surface area contributed by atoms with Gasteiger partial charge >= 0.3 is 0 Å². The van der Waals surface area contributed by atoms with Crippen LogP contribution in [-0.4, -0.2) is 42.8 Å². The van der Waals surface area contributed by atoms with Gasteiger partial charge in [0.2, 0.25) is 0 Å². The summed E-state index contributed by atoms with van der Waals surface area (Å²) in [4.78, 5) is 24.9. The molecule has 1 saturated heterocycles. The van der Waals surface area contributed by atoms with Crippen molar-refractivity contribution in [2.45, 2.75) is 39.2 Å². The van der Waals surface area contributed by atoms with Crippen molar-refractivity contribution in [3.8, 4) is 5.75 Å². The van der Waals surface area contributed by atoms with Gasteiger partial charge in [-0.1, -0.05) is 19.9 Å². The fourth-order valence-electron chi connectivity index (χ4n) is 3.30. The van der Waals surface area contributed by atoms with Crippen LogP contribution in [0.25, 0.3) is 0 Å². The molecule has 0 aromatic heterocycles. The zero-order valence-corrected chi connectivity index (χ0v) is 19.9. The van der Waals surface area contributed by atoms with Gasteiger partial charge < -0.3 is 20.1 Å². The predicted molar refractivity (Wildman–Crippen MR) is 133 cm³/mol. The van der Waals surface area contributed by atoms with Gasteiger partial charge in [-0.05, 0) is 79.9 Å². The summed E-state index contributed by atoms with van der Waals surface area (Å²) in [7, 11) is 0. The molecular weight excluding hydrogens is 438 g/mol. The first kappa shape index (κ1) is 24.7. The molecule has 0 aliphatic carbocycles. The fourth-order valence-corrected chi connectivity index (χ4v) is 3.52. The van der Waals surface area contributed by atoms with E-state index in [2.05, 4.69) is 29.8 Å². The molecule has 0 spiro atoms. The minimum Gasteiger partial charge on any atom is -0.494 e. The molecule has 0 radical (unpaired) electrons. The molecule has 2 amide bonds. The molecule has 3 rings (SSSR count). The molecule has 176 valence electrons. The van der Waals surface area contributed by atoms with Crippen molar-refractivity contribution in [2.24, 2.45) is 5.92 Å². The summed E-state index contributed by atoms with van der Waals surface area (Å²) in [5.74, 6) is 0.791. The van der Waals surface area contributed by atoms with Crippen LogP contribution in [0.3, 0.4) is 0 Å². The molecule has 1 aliphatic heterocycles. The third kappa shape index (κ3) is 8.14. The van der Waals surface area contributed by atoms with E-state index in [-0.39, 0.29) is 23.0 Å². The second-order valence-corrected chi connectivity index (χ2v) is 8.80. The first-order valence-corrected chi connectivity index (χ1v) is 11.7. The summed E-state index contributed by atoms with van der Waals surface area (Å²) >= 11 is 5.27. The lowest BCUT2D eigenvalue weighted by atomic mass is 10.1. The van der Waals surface area contributed by atoms with Crippen LogP contribution in [-0.2, 0) is 4.74 Å². The van der Waals surface area contributed by atoms with Crippen molar-refractivity contribution in [3.63, 3.8) is 0 Å². The van der Waals surface area contributed by atoms with E-state index in [0.29, 0.717) is 35.9 Å². The second kappa shape index (κ2) is 12.3. The Hall–Kier alpha value is -2.97. The summed E-state index contributed by atoms with van der Waals surface area (Å²) < 4.78 is 11.2. The first-order chi connectivity index (χ1) is 15.9. The summed E-state index contributed by atoms with van der Waals surface area (Å²) in [5, 5.41) is 8.65. The molecule has 8 heteroatoms. The molecule has 1 aliphatic rings. The van der Waals surface area contributed by atoms with Gasteiger partial charge in [-0.25, -0.2) is 0 Å². The van der Waals surface area contributed by atoms with E-state index in [1.54, 1.807) is 48.5 Å². The highest BCUT2D eigenvalue weighted by molar-refractivity contribution is 7.80. The molecule has 2 aromatic rings. The van der Waals surface area contributed by atoms with Crippen LogP contribution in [0.2, 0.25) is 0 Å². The van der Waals surface area contributed by atoms with Gasteiger partial charge in [-0.3, -0.25) is 14.9 Å². The van der Waals surface area contributed by atoms with Crippen molar-refractivity contribution in [1.82, 2.24) is 10.6 Å². The molecule has 1 atom stereocenters. The normalized spacial score (nSPS) is 15.2. The van der Waals surface area contributed by atoms with Crippen LogP contribution < -0.4 is 20.7 Å². The van der Waals surface area contributed by atoms with Crippen LogP contribution in [0.4, 0.5) is 5.69 Å². The third-order valence-electron chi connectivity index (χ3n) is 5.20. The number of benzene rings is 2. The van der Waals surface area contributed by atoms with Crippen molar-refractivity contribution in [3.05, 3.63) is 59.7 Å². The van der Waals surface area contributed by atoms with Crippen molar-refractivity contribution < 1.29 is 19.1 Å². The number of hydrogen-bond donors (Lipinski definition) is 3. The van der Waals surface area contributed by atoms with Gasteiger partial charge in [0.1, 0.15) is 5.75 Å². The number of amides is 2. The molecule has 7 nitrogen and oxygen atoms in total. The monoisotopic (exact) mass is 469 g/mol. The highest BCUT2D eigenvalue weighted by atomic mass is 32.1. The van der Waals surface area contributed by atoms with Crippen LogP contribution in [0.5, 0.6) is 5.75 Å². The van der Waals surface area contributed by atoms with E-state index in [4.69, 9.17) is 21.7 Å². The zero-order valence-electron chi connectivity index (χ0n) is 19.1. The maximum absolute atomic E-state index is 12.5. The molecule has 0 saturated carbocycles. The van der Waals surface area contributed by atoms with Crippen LogP contribution in [0, 0.1) is 5.92 Å². The lowest BCUT2D eigenvalue weighted by Crippen LogP contribution is -2.34. The van der Waals surface area contributed by atoms with Crippen molar-refractivity contribution in [2.75, 3.05) is 25.1 Å². The summed E-state index contributed by atoms with van der Waals surface area (Å²) in [6, 6.07) is 13.9. The Morgan fingerprint density at radius 1 is 1.12 bits per heavy atom. The largest absolute Gasteiger partial charge is 0.494 e. The van der Waals surface area contributed by atoms with Gasteiger partial charge in [0.05, 0.1) is 12.7 Å². The molecule has 2 aromatic carbocycles. The summed E-state index contributed by atoms with van der Waals surface area (Å²) in [6.07, 6.45) is 3.04. The van der Waals surface area contributed by atoms with Crippen LogP contribution in [0.1, 0.15) is 53.8 Å². The van der Waals surface area contributed by atoms with Gasteiger partial charge in [0.15, 0.2) is 5.11 Å². The molecular formula is C25H31N3O4S. The van der Waals surface area contributed by atoms with Gasteiger partial charge in [-0.2, -0.15) is 0 Å². The minimum absolute atomic E-state index is 0.0821. The number of hydrogen-bond acceptors (Lipinski definition) is 5. The standard InChI is InChI=1S/C25H31N3O4S/c1-17(2)12-14-32-21-10-8-18(9-11-21)24(30)28-25(33)27-20-6-3-5-19(15-20)23(29)26-16-22-7-4-13-31-22/h3,5-6,8-11,15,17,22H,4,7,12-14,16H2,1-2H3,(H,26,29)(H2,27,28,30,33). The Balaban J connectivity index is 1.48. The second-order valence-electron chi connectivity index (χ2n) is 8.39. The Morgan fingerprint density at radius 3 is 2.61 bits per heavy atom. The van der Waals surface area contributed by atoms with E-state index in [1.807, 2.05) is 0 Å². The average Bonchev–Trinajstić information content (AvgIpc) is 3.31. The van der Waals surface area contributed by atoms with Crippen molar-refractivity contribution in [1.29, 1.82) is 0 Å². The number of carbonyl (C=O) groups is 2. The van der Waals surface area contributed by atoms with Crippen LogP contribution >= 0.6 is 12.2 Å². The zero-order chi connectivity index (χ0) is 23.6. The lowest BCUT2D eigenvalue weighted by molar-refractivity contribution is 0.0857. The van der Waals surface area contributed by atoms with Gasteiger partial charge in [0.25, 0.3) is 11.8 Å². The topological polar surface area (TPSA) is 88.7 Å². The number of ether oxygens (including phenoxy) is 2. The molecule has 1 fully saturated rings. The Morgan fingerprint density at radius 2 is 1.91 bits per heavy atom. The number of nitrogens with one attached hydrogen (secondary N) is 3. The van der Waals surface area contributed by atoms with E-state index in [1.165, 1.54) is 0 Å².